The SMILES string of the molecule is CCCn1cc(C(=O)N(C)C2CCN(c3cc(C(F)(F)F)ncn3)CC2)c2cc[nH]c2c1=O. The number of amides is 1. The first-order valence-corrected chi connectivity index (χ1v) is 10.8. The molecule has 0 aliphatic carbocycles. The number of nitrogens with zero attached hydrogens (tertiary/aromatic N) is 5. The van der Waals surface area contributed by atoms with Crippen molar-refractivity contribution in [2.45, 2.75) is 44.9 Å². The first-order chi connectivity index (χ1) is 15.7. The summed E-state index contributed by atoms with van der Waals surface area (Å²) < 4.78 is 40.4. The zero-order chi connectivity index (χ0) is 23.8. The Kier molecular flexibility index (Phi) is 6.13. The summed E-state index contributed by atoms with van der Waals surface area (Å²) in [5, 5.41) is 0.585. The average Bonchev–Trinajstić information content (AvgIpc) is 3.30. The van der Waals surface area contributed by atoms with Gasteiger partial charge in [-0.3, -0.25) is 9.59 Å². The van der Waals surface area contributed by atoms with E-state index in [0.29, 0.717) is 48.9 Å². The number of aryl methyl sites for hydroxylation is 1. The van der Waals surface area contributed by atoms with E-state index >= 15 is 0 Å². The molecule has 1 fully saturated rings. The van der Waals surface area contributed by atoms with E-state index in [2.05, 4.69) is 15.0 Å². The molecule has 176 valence electrons. The van der Waals surface area contributed by atoms with Gasteiger partial charge in [-0.05, 0) is 25.3 Å². The molecule has 33 heavy (non-hydrogen) atoms. The molecule has 1 saturated heterocycles. The molecule has 1 amide bonds. The zero-order valence-electron chi connectivity index (χ0n) is 18.4. The van der Waals surface area contributed by atoms with E-state index in [4.69, 9.17) is 0 Å². The van der Waals surface area contributed by atoms with Crippen molar-refractivity contribution in [2.75, 3.05) is 25.0 Å². The number of fused-ring (bicyclic) bond motifs is 1. The predicted octanol–water partition coefficient (Wildman–Crippen LogP) is 3.29. The maximum atomic E-state index is 13.4. The number of halogens is 3. The smallest absolute Gasteiger partial charge is 0.357 e. The summed E-state index contributed by atoms with van der Waals surface area (Å²) in [5.41, 5.74) is -0.274. The summed E-state index contributed by atoms with van der Waals surface area (Å²) in [4.78, 5) is 39.7. The number of piperidine rings is 1. The summed E-state index contributed by atoms with van der Waals surface area (Å²) >= 11 is 0. The molecule has 0 aromatic carbocycles. The highest BCUT2D eigenvalue weighted by Crippen LogP contribution is 2.30. The van der Waals surface area contributed by atoms with Gasteiger partial charge in [-0.1, -0.05) is 6.92 Å². The van der Waals surface area contributed by atoms with Crippen LogP contribution in [0.3, 0.4) is 0 Å². The topological polar surface area (TPSA) is 87.1 Å². The third-order valence-electron chi connectivity index (χ3n) is 6.09. The van der Waals surface area contributed by atoms with Crippen LogP contribution >= 0.6 is 0 Å². The highest BCUT2D eigenvalue weighted by molar-refractivity contribution is 6.05. The van der Waals surface area contributed by atoms with Gasteiger partial charge in [-0.15, -0.1) is 0 Å². The fourth-order valence-electron chi connectivity index (χ4n) is 4.29. The van der Waals surface area contributed by atoms with Crippen molar-refractivity contribution in [2.24, 2.45) is 0 Å². The van der Waals surface area contributed by atoms with E-state index < -0.39 is 11.9 Å². The molecule has 0 saturated carbocycles. The number of anilines is 1. The maximum Gasteiger partial charge on any atom is 0.433 e. The van der Waals surface area contributed by atoms with Crippen LogP contribution in [0.4, 0.5) is 19.0 Å². The van der Waals surface area contributed by atoms with Crippen molar-refractivity contribution in [3.63, 3.8) is 0 Å². The molecule has 3 aromatic heterocycles. The average molecular weight is 462 g/mol. The Hall–Kier alpha value is -3.37. The second-order valence-electron chi connectivity index (χ2n) is 8.20. The van der Waals surface area contributed by atoms with Gasteiger partial charge in [0.2, 0.25) is 0 Å². The number of rotatable bonds is 5. The van der Waals surface area contributed by atoms with Gasteiger partial charge in [-0.2, -0.15) is 13.2 Å². The molecule has 3 aromatic rings. The lowest BCUT2D eigenvalue weighted by atomic mass is 10.0. The summed E-state index contributed by atoms with van der Waals surface area (Å²) in [6.07, 6.45) is 1.59. The van der Waals surface area contributed by atoms with E-state index in [1.165, 1.54) is 0 Å². The number of hydrogen-bond donors (Lipinski definition) is 1. The van der Waals surface area contributed by atoms with Crippen LogP contribution in [0, 0.1) is 0 Å². The van der Waals surface area contributed by atoms with Crippen LogP contribution in [0.1, 0.15) is 42.2 Å². The predicted molar refractivity (Wildman–Crippen MR) is 117 cm³/mol. The number of hydrogen-bond acceptors (Lipinski definition) is 5. The number of H-pyrrole nitrogens is 1. The van der Waals surface area contributed by atoms with Crippen LogP contribution in [0.15, 0.2) is 35.6 Å². The molecule has 0 bridgehead atoms. The summed E-state index contributed by atoms with van der Waals surface area (Å²) in [7, 11) is 1.73. The molecular formula is C22H25F3N6O2. The molecule has 1 aliphatic heterocycles. The fraction of sp³-hybridized carbons (Fsp3) is 0.455. The molecule has 0 spiro atoms. The van der Waals surface area contributed by atoms with E-state index in [9.17, 15) is 22.8 Å². The lowest BCUT2D eigenvalue weighted by Crippen LogP contribution is -2.46. The lowest BCUT2D eigenvalue weighted by Gasteiger charge is -2.37. The van der Waals surface area contributed by atoms with Crippen molar-refractivity contribution in [1.82, 2.24) is 24.4 Å². The fourth-order valence-corrected chi connectivity index (χ4v) is 4.29. The van der Waals surface area contributed by atoms with E-state index in [1.54, 1.807) is 39.9 Å². The van der Waals surface area contributed by atoms with E-state index in [1.807, 2.05) is 6.92 Å². The van der Waals surface area contributed by atoms with Crippen LogP contribution in [0.25, 0.3) is 10.9 Å². The summed E-state index contributed by atoms with van der Waals surface area (Å²) in [6, 6.07) is 2.59. The first kappa shape index (κ1) is 22.8. The van der Waals surface area contributed by atoms with Crippen LogP contribution in [0.5, 0.6) is 0 Å². The van der Waals surface area contributed by atoms with Crippen LogP contribution in [0.2, 0.25) is 0 Å². The largest absolute Gasteiger partial charge is 0.433 e. The van der Waals surface area contributed by atoms with Crippen molar-refractivity contribution in [3.05, 3.63) is 52.5 Å². The van der Waals surface area contributed by atoms with Gasteiger partial charge in [0, 0.05) is 56.6 Å². The highest BCUT2D eigenvalue weighted by atomic mass is 19.4. The summed E-state index contributed by atoms with van der Waals surface area (Å²) in [5.74, 6) is 0.0368. The van der Waals surface area contributed by atoms with Gasteiger partial charge in [0.1, 0.15) is 23.4 Å². The molecular weight excluding hydrogens is 437 g/mol. The Balaban J connectivity index is 1.50. The van der Waals surface area contributed by atoms with Crippen LogP contribution in [-0.4, -0.2) is 56.5 Å². The minimum atomic E-state index is -4.53. The minimum absolute atomic E-state index is 0.0850. The third-order valence-corrected chi connectivity index (χ3v) is 6.09. The Morgan fingerprint density at radius 3 is 2.67 bits per heavy atom. The molecule has 4 rings (SSSR count). The molecule has 1 N–H and O–H groups in total. The third kappa shape index (κ3) is 4.44. The summed E-state index contributed by atoms with van der Waals surface area (Å²) in [6.45, 7) is 3.40. The van der Waals surface area contributed by atoms with Crippen molar-refractivity contribution in [1.29, 1.82) is 0 Å². The second kappa shape index (κ2) is 8.87. The van der Waals surface area contributed by atoms with Crippen LogP contribution < -0.4 is 10.5 Å². The number of nitrogens with one attached hydrogen (secondary N) is 1. The standard InChI is InChI=1S/C22H25F3N6O2/c1-3-8-31-12-16(15-4-7-26-19(15)21(31)33)20(32)29(2)14-5-9-30(10-6-14)18-11-17(22(23,24)25)27-13-28-18/h4,7,11-14,26H,3,5-6,8-10H2,1-2H3. The van der Waals surface area contributed by atoms with Crippen LogP contribution in [-0.2, 0) is 12.7 Å². The number of carbonyl (C=O) groups is 1. The molecule has 0 radical (unpaired) electrons. The maximum absolute atomic E-state index is 13.4. The van der Waals surface area contributed by atoms with Gasteiger partial charge in [0.25, 0.3) is 11.5 Å². The molecule has 0 unspecified atom stereocenters. The zero-order valence-corrected chi connectivity index (χ0v) is 18.4. The molecule has 0 atom stereocenters. The van der Waals surface area contributed by atoms with Crippen molar-refractivity contribution >= 4 is 22.6 Å². The van der Waals surface area contributed by atoms with Crippen molar-refractivity contribution < 1.29 is 18.0 Å². The quantitative estimate of drug-likeness (QED) is 0.629. The number of aromatic amines is 1. The van der Waals surface area contributed by atoms with E-state index in [0.717, 1.165) is 18.8 Å². The minimum Gasteiger partial charge on any atom is -0.357 e. The number of carbonyl (C=O) groups excluding carboxylic acids is 1. The number of alkyl halides is 3. The molecule has 11 heteroatoms. The Labute approximate surface area is 188 Å². The second-order valence-corrected chi connectivity index (χ2v) is 8.20. The Bertz CT molecular complexity index is 1210. The Morgan fingerprint density at radius 2 is 2.00 bits per heavy atom. The highest BCUT2D eigenvalue weighted by Gasteiger charge is 2.34. The van der Waals surface area contributed by atoms with Crippen molar-refractivity contribution in [3.8, 4) is 0 Å². The molecule has 1 aliphatic rings. The normalized spacial score (nSPS) is 15.2. The first-order valence-electron chi connectivity index (χ1n) is 10.8. The Morgan fingerprint density at radius 1 is 1.27 bits per heavy atom. The number of aromatic nitrogens is 4. The van der Waals surface area contributed by atoms with E-state index in [-0.39, 0.29) is 23.3 Å². The lowest BCUT2D eigenvalue weighted by molar-refractivity contribution is -0.141. The van der Waals surface area contributed by atoms with Gasteiger partial charge in [-0.25, -0.2) is 9.97 Å². The number of pyridine rings is 1. The molecule has 8 nitrogen and oxygen atoms in total. The molecule has 4 heterocycles. The monoisotopic (exact) mass is 462 g/mol. The van der Waals surface area contributed by atoms with Gasteiger partial charge < -0.3 is 19.4 Å². The van der Waals surface area contributed by atoms with Gasteiger partial charge in [0.05, 0.1) is 5.56 Å². The van der Waals surface area contributed by atoms with Gasteiger partial charge >= 0.3 is 6.18 Å². The van der Waals surface area contributed by atoms with Gasteiger partial charge in [0.15, 0.2) is 0 Å².